The summed E-state index contributed by atoms with van der Waals surface area (Å²) in [5.41, 5.74) is 3.78. The lowest BCUT2D eigenvalue weighted by Crippen LogP contribution is -2.27. The molecule has 1 aromatic heterocycles. The molecule has 1 aliphatic rings. The first-order chi connectivity index (χ1) is 10.0. The lowest BCUT2D eigenvalue weighted by Gasteiger charge is -2.30. The molecule has 0 saturated heterocycles. The summed E-state index contributed by atoms with van der Waals surface area (Å²) in [4.78, 5) is 16.9. The summed E-state index contributed by atoms with van der Waals surface area (Å²) in [6.45, 7) is 3.01. The van der Waals surface area contributed by atoms with Gasteiger partial charge in [-0.1, -0.05) is 17.7 Å². The van der Waals surface area contributed by atoms with Crippen molar-refractivity contribution in [2.24, 2.45) is 0 Å². The van der Waals surface area contributed by atoms with Gasteiger partial charge in [0.15, 0.2) is 0 Å². The highest BCUT2D eigenvalue weighted by atomic mass is 35.5. The molecule has 0 amide bonds. The molecule has 0 atom stereocenters. The van der Waals surface area contributed by atoms with Gasteiger partial charge in [-0.05, 0) is 43.0 Å². The molecule has 0 radical (unpaired) electrons. The Balaban J connectivity index is 2.06. The van der Waals surface area contributed by atoms with Crippen LogP contribution in [0.25, 0.3) is 0 Å². The molecule has 1 aliphatic heterocycles. The van der Waals surface area contributed by atoms with Crippen LogP contribution in [-0.4, -0.2) is 35.6 Å². The molecule has 2 heterocycles. The number of hydrogen-bond donors (Lipinski definition) is 0. The van der Waals surface area contributed by atoms with Crippen LogP contribution in [0.15, 0.2) is 18.2 Å². The predicted octanol–water partition coefficient (Wildman–Crippen LogP) is 2.98. The fourth-order valence-corrected chi connectivity index (χ4v) is 2.74. The van der Waals surface area contributed by atoms with E-state index in [1.807, 2.05) is 19.0 Å². The van der Waals surface area contributed by atoms with Gasteiger partial charge in [0.25, 0.3) is 0 Å². The molecule has 0 spiro atoms. The van der Waals surface area contributed by atoms with Crippen LogP contribution in [0.3, 0.4) is 0 Å². The average Bonchev–Trinajstić information content (AvgIpc) is 2.45. The van der Waals surface area contributed by atoms with Crippen LogP contribution in [0.2, 0.25) is 5.28 Å². The zero-order valence-electron chi connectivity index (χ0n) is 12.5. The number of nitrogens with zero attached hydrogens (tertiary/aromatic N) is 5. The third-order valence-electron chi connectivity index (χ3n) is 3.58. The highest BCUT2D eigenvalue weighted by Gasteiger charge is 2.21. The van der Waals surface area contributed by atoms with E-state index in [1.54, 1.807) is 0 Å². The SMILES string of the molecule is Cc1ccc2c(c1)CCCN2c1nc(Cl)nc(N(C)C)n1. The number of aryl methyl sites for hydroxylation is 2. The first-order valence-corrected chi connectivity index (χ1v) is 7.38. The van der Waals surface area contributed by atoms with Crippen LogP contribution >= 0.6 is 11.6 Å². The summed E-state index contributed by atoms with van der Waals surface area (Å²) in [6, 6.07) is 6.49. The molecular formula is C15H18ClN5. The van der Waals surface area contributed by atoms with Crippen molar-refractivity contribution in [2.75, 3.05) is 30.4 Å². The van der Waals surface area contributed by atoms with Gasteiger partial charge in [0.05, 0.1) is 0 Å². The van der Waals surface area contributed by atoms with Gasteiger partial charge >= 0.3 is 0 Å². The van der Waals surface area contributed by atoms with Crippen molar-refractivity contribution < 1.29 is 0 Å². The van der Waals surface area contributed by atoms with Gasteiger partial charge in [0, 0.05) is 26.3 Å². The maximum Gasteiger partial charge on any atom is 0.236 e. The van der Waals surface area contributed by atoms with Crippen LogP contribution in [0.1, 0.15) is 17.5 Å². The minimum absolute atomic E-state index is 0.225. The van der Waals surface area contributed by atoms with Crippen molar-refractivity contribution in [1.29, 1.82) is 0 Å². The van der Waals surface area contributed by atoms with Gasteiger partial charge in [-0.25, -0.2) is 0 Å². The molecule has 6 heteroatoms. The van der Waals surface area contributed by atoms with Crippen LogP contribution in [-0.2, 0) is 6.42 Å². The molecule has 3 rings (SSSR count). The zero-order chi connectivity index (χ0) is 15.0. The Morgan fingerprint density at radius 3 is 2.76 bits per heavy atom. The van der Waals surface area contributed by atoms with Crippen molar-refractivity contribution in [3.8, 4) is 0 Å². The van der Waals surface area contributed by atoms with Gasteiger partial charge in [-0.3, -0.25) is 0 Å². The summed E-state index contributed by atoms with van der Waals surface area (Å²) >= 11 is 6.05. The number of aromatic nitrogens is 3. The molecule has 0 saturated carbocycles. The van der Waals surface area contributed by atoms with E-state index in [0.29, 0.717) is 11.9 Å². The minimum atomic E-state index is 0.225. The monoisotopic (exact) mass is 303 g/mol. The van der Waals surface area contributed by atoms with Crippen LogP contribution < -0.4 is 9.80 Å². The maximum absolute atomic E-state index is 6.05. The minimum Gasteiger partial charge on any atom is -0.347 e. The summed E-state index contributed by atoms with van der Waals surface area (Å²) in [5.74, 6) is 1.19. The Kier molecular flexibility index (Phi) is 3.68. The second-order valence-electron chi connectivity index (χ2n) is 5.49. The van der Waals surface area contributed by atoms with E-state index in [0.717, 1.165) is 19.4 Å². The number of fused-ring (bicyclic) bond motifs is 1. The van der Waals surface area contributed by atoms with Crippen molar-refractivity contribution in [2.45, 2.75) is 19.8 Å². The van der Waals surface area contributed by atoms with E-state index < -0.39 is 0 Å². The molecule has 0 N–H and O–H groups in total. The normalized spacial score (nSPS) is 14.0. The predicted molar refractivity (Wildman–Crippen MR) is 85.7 cm³/mol. The van der Waals surface area contributed by atoms with E-state index >= 15 is 0 Å². The van der Waals surface area contributed by atoms with Crippen molar-refractivity contribution in [3.05, 3.63) is 34.6 Å². The highest BCUT2D eigenvalue weighted by molar-refractivity contribution is 6.28. The van der Waals surface area contributed by atoms with Crippen LogP contribution in [0, 0.1) is 6.92 Å². The Morgan fingerprint density at radius 2 is 2.00 bits per heavy atom. The molecule has 2 aromatic rings. The summed E-state index contributed by atoms with van der Waals surface area (Å²) in [7, 11) is 3.78. The lowest BCUT2D eigenvalue weighted by molar-refractivity contribution is 0.745. The fraction of sp³-hybridized carbons (Fsp3) is 0.400. The van der Waals surface area contributed by atoms with E-state index in [1.165, 1.54) is 16.8 Å². The molecule has 110 valence electrons. The number of hydrogen-bond acceptors (Lipinski definition) is 5. The third kappa shape index (κ3) is 2.78. The number of rotatable bonds is 2. The van der Waals surface area contributed by atoms with Gasteiger partial charge in [-0.2, -0.15) is 15.0 Å². The summed E-state index contributed by atoms with van der Waals surface area (Å²) < 4.78 is 0. The number of anilines is 3. The van der Waals surface area contributed by atoms with Crippen molar-refractivity contribution >= 4 is 29.2 Å². The molecule has 1 aromatic carbocycles. The quantitative estimate of drug-likeness (QED) is 0.853. The number of halogens is 1. The molecule has 0 bridgehead atoms. The van der Waals surface area contributed by atoms with Crippen molar-refractivity contribution in [3.63, 3.8) is 0 Å². The van der Waals surface area contributed by atoms with Gasteiger partial charge < -0.3 is 9.80 Å². The molecule has 0 aliphatic carbocycles. The summed E-state index contributed by atoms with van der Waals surface area (Å²) in [6.07, 6.45) is 2.17. The smallest absolute Gasteiger partial charge is 0.236 e. The Hall–Kier alpha value is -1.88. The third-order valence-corrected chi connectivity index (χ3v) is 3.75. The number of benzene rings is 1. The standard InChI is InChI=1S/C15H18ClN5/c1-10-6-7-12-11(9-10)5-4-8-21(12)15-18-13(16)17-14(19-15)20(2)3/h6-7,9H,4-5,8H2,1-3H3. The fourth-order valence-electron chi connectivity index (χ4n) is 2.58. The first-order valence-electron chi connectivity index (χ1n) is 7.00. The van der Waals surface area contributed by atoms with E-state index in [4.69, 9.17) is 11.6 Å². The van der Waals surface area contributed by atoms with Gasteiger partial charge in [-0.15, -0.1) is 0 Å². The van der Waals surface area contributed by atoms with E-state index in [9.17, 15) is 0 Å². The highest BCUT2D eigenvalue weighted by Crippen LogP contribution is 2.32. The van der Waals surface area contributed by atoms with E-state index in [-0.39, 0.29) is 5.28 Å². The first kappa shape index (κ1) is 14.1. The van der Waals surface area contributed by atoms with Gasteiger partial charge in [0.2, 0.25) is 17.2 Å². The Labute approximate surface area is 129 Å². The van der Waals surface area contributed by atoms with Gasteiger partial charge in [0.1, 0.15) is 0 Å². The average molecular weight is 304 g/mol. The molecular weight excluding hydrogens is 286 g/mol. The van der Waals surface area contributed by atoms with E-state index in [2.05, 4.69) is 45.0 Å². The maximum atomic E-state index is 6.05. The van der Waals surface area contributed by atoms with Crippen molar-refractivity contribution in [1.82, 2.24) is 15.0 Å². The topological polar surface area (TPSA) is 45.2 Å². The zero-order valence-corrected chi connectivity index (χ0v) is 13.2. The van der Waals surface area contributed by atoms with Crippen LogP contribution in [0.5, 0.6) is 0 Å². The molecule has 0 unspecified atom stereocenters. The largest absolute Gasteiger partial charge is 0.347 e. The Morgan fingerprint density at radius 1 is 1.19 bits per heavy atom. The Bertz CT molecular complexity index is 671. The van der Waals surface area contributed by atoms with Crippen LogP contribution in [0.4, 0.5) is 17.6 Å². The summed E-state index contributed by atoms with van der Waals surface area (Å²) in [5, 5.41) is 0.225. The lowest BCUT2D eigenvalue weighted by atomic mass is 10.00. The second kappa shape index (κ2) is 5.48. The molecule has 0 fully saturated rings. The molecule has 21 heavy (non-hydrogen) atoms. The second-order valence-corrected chi connectivity index (χ2v) is 5.82. The molecule has 5 nitrogen and oxygen atoms in total.